The van der Waals surface area contributed by atoms with Crippen LogP contribution in [0.3, 0.4) is 0 Å². The Labute approximate surface area is 190 Å². The van der Waals surface area contributed by atoms with Gasteiger partial charge in [0, 0.05) is 51.1 Å². The molecule has 2 N–H and O–H groups in total. The Bertz CT molecular complexity index is 1110. The lowest BCUT2D eigenvalue weighted by Crippen LogP contribution is -2.31. The lowest BCUT2D eigenvalue weighted by molar-refractivity contribution is -0.384. The van der Waals surface area contributed by atoms with Gasteiger partial charge >= 0.3 is 0 Å². The average molecular weight is 454 g/mol. The minimum absolute atomic E-state index is 0.0937. The van der Waals surface area contributed by atoms with Gasteiger partial charge in [-0.25, -0.2) is 0 Å². The predicted octanol–water partition coefficient (Wildman–Crippen LogP) is 4.97. The largest absolute Gasteiger partial charge is 0.362 e. The zero-order valence-corrected chi connectivity index (χ0v) is 19.1. The van der Waals surface area contributed by atoms with E-state index in [9.17, 15) is 10.1 Å². The molecular weight excluding hydrogens is 430 g/mol. The van der Waals surface area contributed by atoms with Gasteiger partial charge < -0.3 is 9.88 Å². The van der Waals surface area contributed by atoms with E-state index in [1.165, 1.54) is 12.1 Å². The summed E-state index contributed by atoms with van der Waals surface area (Å²) in [5.74, 6) is 0. The number of nitrogens with zero attached hydrogens (tertiary/aromatic N) is 3. The molecular formula is C22H23N5O2S2. The molecule has 3 aromatic rings. The van der Waals surface area contributed by atoms with E-state index in [2.05, 4.69) is 52.5 Å². The number of non-ortho nitro benzene ring substituents is 1. The van der Waals surface area contributed by atoms with Gasteiger partial charge in [0.25, 0.3) is 5.69 Å². The smallest absolute Gasteiger partial charge is 0.269 e. The minimum atomic E-state index is -0.393. The van der Waals surface area contributed by atoms with Crippen molar-refractivity contribution in [1.29, 1.82) is 0 Å². The summed E-state index contributed by atoms with van der Waals surface area (Å²) < 4.78 is 2.17. The lowest BCUT2D eigenvalue weighted by atomic mass is 10.2. The third-order valence-electron chi connectivity index (χ3n) is 4.56. The van der Waals surface area contributed by atoms with Crippen molar-refractivity contribution in [2.45, 2.75) is 30.6 Å². The molecule has 1 aromatic heterocycles. The van der Waals surface area contributed by atoms with Gasteiger partial charge in [0.05, 0.1) is 11.1 Å². The summed E-state index contributed by atoms with van der Waals surface area (Å²) in [5.41, 5.74) is 7.14. The molecule has 0 fully saturated rings. The molecule has 0 aliphatic carbocycles. The van der Waals surface area contributed by atoms with E-state index in [1.807, 2.05) is 19.1 Å². The van der Waals surface area contributed by atoms with E-state index >= 15 is 0 Å². The summed E-state index contributed by atoms with van der Waals surface area (Å²) in [6, 6.07) is 16.9. The van der Waals surface area contributed by atoms with Gasteiger partial charge in [-0.2, -0.15) is 5.10 Å². The third kappa shape index (κ3) is 5.71. The Hall–Kier alpha value is -3.17. The molecule has 31 heavy (non-hydrogen) atoms. The Morgan fingerprint density at radius 1 is 1.16 bits per heavy atom. The maximum atomic E-state index is 10.8. The molecule has 0 aliphatic rings. The van der Waals surface area contributed by atoms with Gasteiger partial charge in [-0.3, -0.25) is 15.5 Å². The van der Waals surface area contributed by atoms with E-state index in [-0.39, 0.29) is 5.69 Å². The number of aromatic nitrogens is 1. The molecule has 3 rings (SSSR count). The second kappa shape index (κ2) is 10.2. The summed E-state index contributed by atoms with van der Waals surface area (Å²) in [7, 11) is 0. The van der Waals surface area contributed by atoms with Crippen LogP contribution >= 0.6 is 24.0 Å². The van der Waals surface area contributed by atoms with E-state index in [4.69, 9.17) is 12.2 Å². The Morgan fingerprint density at radius 2 is 1.77 bits per heavy atom. The van der Waals surface area contributed by atoms with E-state index in [0.717, 1.165) is 39.0 Å². The zero-order chi connectivity index (χ0) is 22.4. The maximum Gasteiger partial charge on any atom is 0.269 e. The normalized spacial score (nSPS) is 10.9. The Balaban J connectivity index is 1.73. The van der Waals surface area contributed by atoms with Gasteiger partial charge in [-0.15, -0.1) is 0 Å². The van der Waals surface area contributed by atoms with Gasteiger partial charge in [-0.05, 0) is 75.5 Å². The molecule has 0 unspecified atom stereocenters. The van der Waals surface area contributed by atoms with Crippen molar-refractivity contribution < 1.29 is 4.92 Å². The van der Waals surface area contributed by atoms with Crippen LogP contribution in [0.4, 0.5) is 5.69 Å². The third-order valence-corrected chi connectivity index (χ3v) is 5.81. The SMILES string of the molecule is CCNC(=S)N/N=C\c1cc(C)n(-c2ccc(Sc3ccc([N+](=O)[O-])cc3)cc2)c1C. The first-order chi connectivity index (χ1) is 14.9. The molecule has 0 bridgehead atoms. The van der Waals surface area contributed by atoms with Crippen molar-refractivity contribution in [1.82, 2.24) is 15.3 Å². The molecule has 160 valence electrons. The highest BCUT2D eigenvalue weighted by atomic mass is 32.2. The van der Waals surface area contributed by atoms with Gasteiger partial charge in [0.15, 0.2) is 5.11 Å². The Morgan fingerprint density at radius 3 is 2.35 bits per heavy atom. The molecule has 0 saturated carbocycles. The van der Waals surface area contributed by atoms with Crippen LogP contribution in [0, 0.1) is 24.0 Å². The fourth-order valence-electron chi connectivity index (χ4n) is 3.11. The summed E-state index contributed by atoms with van der Waals surface area (Å²) in [4.78, 5) is 12.4. The van der Waals surface area contributed by atoms with Crippen molar-refractivity contribution >= 4 is 41.0 Å². The summed E-state index contributed by atoms with van der Waals surface area (Å²) in [5, 5.41) is 18.5. The van der Waals surface area contributed by atoms with Gasteiger partial charge in [0.1, 0.15) is 0 Å². The highest BCUT2D eigenvalue weighted by Crippen LogP contribution is 2.30. The molecule has 0 amide bonds. The summed E-state index contributed by atoms with van der Waals surface area (Å²) >= 11 is 6.68. The van der Waals surface area contributed by atoms with E-state index in [0.29, 0.717) is 5.11 Å². The van der Waals surface area contributed by atoms with Crippen LogP contribution in [0.5, 0.6) is 0 Å². The lowest BCUT2D eigenvalue weighted by Gasteiger charge is -2.10. The van der Waals surface area contributed by atoms with E-state index in [1.54, 1.807) is 30.1 Å². The highest BCUT2D eigenvalue weighted by Gasteiger charge is 2.10. The standard InChI is InChI=1S/C22H23N5O2S2/c1-4-23-22(30)25-24-14-17-13-15(2)26(16(17)3)18-5-9-20(10-6-18)31-21-11-7-19(8-12-21)27(28)29/h5-14H,4H2,1-3H3,(H2,23,25,30)/b24-14-. The van der Waals surface area contributed by atoms with Crippen molar-refractivity contribution in [2.24, 2.45) is 5.10 Å². The molecule has 1 heterocycles. The second-order valence-electron chi connectivity index (χ2n) is 6.74. The first-order valence-electron chi connectivity index (χ1n) is 9.67. The quantitative estimate of drug-likeness (QED) is 0.227. The van der Waals surface area contributed by atoms with Crippen molar-refractivity contribution in [3.8, 4) is 5.69 Å². The minimum Gasteiger partial charge on any atom is -0.362 e. The number of hydrogen-bond acceptors (Lipinski definition) is 5. The number of nitrogens with one attached hydrogen (secondary N) is 2. The number of nitro groups is 1. The fourth-order valence-corrected chi connectivity index (χ4v) is 4.12. The maximum absolute atomic E-state index is 10.8. The molecule has 0 atom stereocenters. The zero-order valence-electron chi connectivity index (χ0n) is 17.5. The molecule has 0 aliphatic heterocycles. The van der Waals surface area contributed by atoms with Crippen molar-refractivity contribution in [3.05, 3.63) is 81.7 Å². The molecule has 9 heteroatoms. The number of aryl methyl sites for hydroxylation is 1. The molecule has 0 spiro atoms. The first-order valence-corrected chi connectivity index (χ1v) is 10.9. The topological polar surface area (TPSA) is 84.5 Å². The fraction of sp³-hybridized carbons (Fsp3) is 0.182. The van der Waals surface area contributed by atoms with Crippen LogP contribution in [0.15, 0.2) is 69.5 Å². The number of nitro benzene ring substituents is 1. The van der Waals surface area contributed by atoms with Crippen LogP contribution in [0.2, 0.25) is 0 Å². The average Bonchev–Trinajstić information content (AvgIpc) is 3.02. The van der Waals surface area contributed by atoms with Crippen molar-refractivity contribution in [3.63, 3.8) is 0 Å². The van der Waals surface area contributed by atoms with Crippen LogP contribution in [0.1, 0.15) is 23.9 Å². The Kier molecular flexibility index (Phi) is 7.43. The van der Waals surface area contributed by atoms with E-state index < -0.39 is 4.92 Å². The number of hydrazone groups is 1. The summed E-state index contributed by atoms with van der Waals surface area (Å²) in [6.07, 6.45) is 1.77. The number of benzene rings is 2. The second-order valence-corrected chi connectivity index (χ2v) is 8.29. The monoisotopic (exact) mass is 453 g/mol. The van der Waals surface area contributed by atoms with Gasteiger partial charge in [0.2, 0.25) is 0 Å². The molecule has 0 saturated heterocycles. The van der Waals surface area contributed by atoms with Crippen LogP contribution in [0.25, 0.3) is 5.69 Å². The first kappa shape index (κ1) is 22.5. The molecule has 2 aromatic carbocycles. The number of rotatable bonds is 7. The van der Waals surface area contributed by atoms with Crippen LogP contribution in [-0.4, -0.2) is 27.4 Å². The number of thiocarbonyl (C=S) groups is 1. The van der Waals surface area contributed by atoms with Crippen LogP contribution < -0.4 is 10.7 Å². The predicted molar refractivity (Wildman–Crippen MR) is 129 cm³/mol. The molecule has 0 radical (unpaired) electrons. The van der Waals surface area contributed by atoms with Gasteiger partial charge in [-0.1, -0.05) is 11.8 Å². The van der Waals surface area contributed by atoms with Crippen LogP contribution in [-0.2, 0) is 0 Å². The van der Waals surface area contributed by atoms with Crippen molar-refractivity contribution in [2.75, 3.05) is 6.54 Å². The highest BCUT2D eigenvalue weighted by molar-refractivity contribution is 7.99. The summed E-state index contributed by atoms with van der Waals surface area (Å²) in [6.45, 7) is 6.83. The number of hydrogen-bond donors (Lipinski definition) is 2. The molecule has 7 nitrogen and oxygen atoms in total.